The molecule has 1 aliphatic rings. The fourth-order valence-corrected chi connectivity index (χ4v) is 3.67. The molecule has 1 aromatic heterocycles. The van der Waals surface area contributed by atoms with Crippen molar-refractivity contribution < 1.29 is 12.9 Å². The summed E-state index contributed by atoms with van der Waals surface area (Å²) in [6, 6.07) is -0.247. The van der Waals surface area contributed by atoms with E-state index in [0.717, 1.165) is 0 Å². The van der Waals surface area contributed by atoms with Crippen LogP contribution in [0.2, 0.25) is 0 Å². The lowest BCUT2D eigenvalue weighted by Crippen LogP contribution is -2.36. The first-order valence-electron chi connectivity index (χ1n) is 5.54. The average Bonchev–Trinajstić information content (AvgIpc) is 2.85. The van der Waals surface area contributed by atoms with E-state index in [-0.39, 0.29) is 16.7 Å². The Morgan fingerprint density at radius 3 is 2.78 bits per heavy atom. The van der Waals surface area contributed by atoms with Crippen molar-refractivity contribution in [2.45, 2.75) is 31.2 Å². The van der Waals surface area contributed by atoms with Crippen LogP contribution in [0.1, 0.15) is 17.9 Å². The van der Waals surface area contributed by atoms with Gasteiger partial charge in [0, 0.05) is 19.1 Å². The third-order valence-corrected chi connectivity index (χ3v) is 4.65. The number of sulfonamides is 1. The summed E-state index contributed by atoms with van der Waals surface area (Å²) >= 11 is 0. The van der Waals surface area contributed by atoms with E-state index in [1.807, 2.05) is 6.19 Å². The number of aromatic nitrogens is 1. The zero-order chi connectivity index (χ0) is 13.3. The molecule has 18 heavy (non-hydrogen) atoms. The van der Waals surface area contributed by atoms with Crippen LogP contribution in [0.25, 0.3) is 0 Å². The fraction of sp³-hybridized carbons (Fsp3) is 0.600. The second-order valence-corrected chi connectivity index (χ2v) is 5.96. The monoisotopic (exact) mass is 270 g/mol. The smallest absolute Gasteiger partial charge is 0.246 e. The molecule has 2 rings (SSSR count). The van der Waals surface area contributed by atoms with E-state index in [2.05, 4.69) is 9.88 Å². The standard InChI is InChI=1S/C10H14N4O3S/c1-7-10(8(2)17-12-7)18(15,16)13-9-3-4-14(5-9)6-11/h9,13H,3-5H2,1-2H3. The first-order chi connectivity index (χ1) is 8.44. The number of nitriles is 1. The fourth-order valence-electron chi connectivity index (χ4n) is 2.08. The van der Waals surface area contributed by atoms with Crippen LogP contribution in [0.5, 0.6) is 0 Å². The number of nitrogens with one attached hydrogen (secondary N) is 1. The van der Waals surface area contributed by atoms with Gasteiger partial charge in [-0.15, -0.1) is 0 Å². The van der Waals surface area contributed by atoms with Crippen molar-refractivity contribution in [3.05, 3.63) is 11.5 Å². The Labute approximate surface area is 105 Å². The lowest BCUT2D eigenvalue weighted by atomic mass is 10.3. The normalized spacial score (nSPS) is 20.1. The van der Waals surface area contributed by atoms with Gasteiger partial charge in [0.25, 0.3) is 0 Å². The zero-order valence-electron chi connectivity index (χ0n) is 10.2. The minimum absolute atomic E-state index is 0.0953. The molecule has 1 unspecified atom stereocenters. The number of nitrogens with zero attached hydrogens (tertiary/aromatic N) is 3. The van der Waals surface area contributed by atoms with E-state index in [0.29, 0.717) is 25.2 Å². The molecule has 0 aromatic carbocycles. The average molecular weight is 270 g/mol. The van der Waals surface area contributed by atoms with Gasteiger partial charge in [0.05, 0.1) is 0 Å². The Morgan fingerprint density at radius 2 is 2.28 bits per heavy atom. The highest BCUT2D eigenvalue weighted by atomic mass is 32.2. The van der Waals surface area contributed by atoms with Gasteiger partial charge in [0.15, 0.2) is 12.0 Å². The van der Waals surface area contributed by atoms with E-state index in [1.54, 1.807) is 13.8 Å². The van der Waals surface area contributed by atoms with Gasteiger partial charge in [-0.05, 0) is 20.3 Å². The van der Waals surface area contributed by atoms with Crippen molar-refractivity contribution in [3.63, 3.8) is 0 Å². The molecule has 0 amide bonds. The van der Waals surface area contributed by atoms with Crippen LogP contribution in [0.4, 0.5) is 0 Å². The minimum Gasteiger partial charge on any atom is -0.360 e. The topological polar surface area (TPSA) is 99.2 Å². The van der Waals surface area contributed by atoms with Crippen LogP contribution in [0.3, 0.4) is 0 Å². The maximum atomic E-state index is 12.2. The molecule has 2 heterocycles. The SMILES string of the molecule is Cc1noc(C)c1S(=O)(=O)NC1CCN(C#N)C1. The lowest BCUT2D eigenvalue weighted by Gasteiger charge is -2.12. The van der Waals surface area contributed by atoms with Crippen LogP contribution in [0, 0.1) is 25.3 Å². The summed E-state index contributed by atoms with van der Waals surface area (Å²) in [6.07, 6.45) is 2.63. The summed E-state index contributed by atoms with van der Waals surface area (Å²) in [5, 5.41) is 12.4. The number of hydrogen-bond donors (Lipinski definition) is 1. The highest BCUT2D eigenvalue weighted by Gasteiger charge is 2.30. The molecule has 98 valence electrons. The summed E-state index contributed by atoms with van der Waals surface area (Å²) in [7, 11) is -3.64. The molecular weight excluding hydrogens is 256 g/mol. The van der Waals surface area contributed by atoms with Crippen LogP contribution >= 0.6 is 0 Å². The molecule has 1 aliphatic heterocycles. The molecule has 1 atom stereocenters. The predicted octanol–water partition coefficient (Wildman–Crippen LogP) is 0.125. The number of likely N-dealkylation sites (tertiary alicyclic amines) is 1. The van der Waals surface area contributed by atoms with E-state index in [1.165, 1.54) is 4.90 Å². The van der Waals surface area contributed by atoms with Gasteiger partial charge in [-0.25, -0.2) is 13.1 Å². The van der Waals surface area contributed by atoms with Gasteiger partial charge in [-0.1, -0.05) is 5.16 Å². The molecule has 0 aliphatic carbocycles. The van der Waals surface area contributed by atoms with Gasteiger partial charge >= 0.3 is 0 Å². The minimum atomic E-state index is -3.64. The molecule has 7 nitrogen and oxygen atoms in total. The van der Waals surface area contributed by atoms with Crippen molar-refractivity contribution in [2.24, 2.45) is 0 Å². The van der Waals surface area contributed by atoms with Crippen molar-refractivity contribution in [2.75, 3.05) is 13.1 Å². The molecule has 1 N–H and O–H groups in total. The molecule has 0 saturated carbocycles. The summed E-state index contributed by atoms with van der Waals surface area (Å²) in [5.41, 5.74) is 0.343. The van der Waals surface area contributed by atoms with Crippen LogP contribution in [0.15, 0.2) is 9.42 Å². The maximum absolute atomic E-state index is 12.2. The van der Waals surface area contributed by atoms with Gasteiger partial charge in [-0.3, -0.25) is 0 Å². The molecular formula is C10H14N4O3S. The van der Waals surface area contributed by atoms with Gasteiger partial charge in [-0.2, -0.15) is 5.26 Å². The molecule has 0 spiro atoms. The van der Waals surface area contributed by atoms with Crippen molar-refractivity contribution in [1.29, 1.82) is 5.26 Å². The molecule has 8 heteroatoms. The molecule has 1 saturated heterocycles. The van der Waals surface area contributed by atoms with Crippen LogP contribution < -0.4 is 4.72 Å². The highest BCUT2D eigenvalue weighted by molar-refractivity contribution is 7.89. The highest BCUT2D eigenvalue weighted by Crippen LogP contribution is 2.20. The van der Waals surface area contributed by atoms with Crippen molar-refractivity contribution >= 4 is 10.0 Å². The molecule has 0 bridgehead atoms. The Bertz CT molecular complexity index is 567. The summed E-state index contributed by atoms with van der Waals surface area (Å²) < 4.78 is 31.8. The van der Waals surface area contributed by atoms with Crippen LogP contribution in [-0.2, 0) is 10.0 Å². The quantitative estimate of drug-likeness (QED) is 0.783. The molecule has 1 aromatic rings. The second kappa shape index (κ2) is 4.59. The molecule has 1 fully saturated rings. The Kier molecular flexibility index (Phi) is 3.28. The maximum Gasteiger partial charge on any atom is 0.246 e. The van der Waals surface area contributed by atoms with Crippen LogP contribution in [-0.4, -0.2) is 37.6 Å². The van der Waals surface area contributed by atoms with Crippen molar-refractivity contribution in [3.8, 4) is 6.19 Å². The third kappa shape index (κ3) is 2.32. The number of hydrogen-bond acceptors (Lipinski definition) is 6. The zero-order valence-corrected chi connectivity index (χ0v) is 11.0. The van der Waals surface area contributed by atoms with E-state index >= 15 is 0 Å². The second-order valence-electron chi connectivity index (χ2n) is 4.31. The Balaban J connectivity index is 2.17. The summed E-state index contributed by atoms with van der Waals surface area (Å²) in [5.74, 6) is 0.273. The van der Waals surface area contributed by atoms with E-state index in [9.17, 15) is 8.42 Å². The number of aryl methyl sites for hydroxylation is 2. The van der Waals surface area contributed by atoms with Crippen molar-refractivity contribution in [1.82, 2.24) is 14.8 Å². The van der Waals surface area contributed by atoms with E-state index in [4.69, 9.17) is 9.78 Å². The Morgan fingerprint density at radius 1 is 1.56 bits per heavy atom. The predicted molar refractivity (Wildman–Crippen MR) is 61.9 cm³/mol. The molecule has 0 radical (unpaired) electrons. The van der Waals surface area contributed by atoms with E-state index < -0.39 is 10.0 Å². The van der Waals surface area contributed by atoms with Gasteiger partial charge < -0.3 is 9.42 Å². The first-order valence-corrected chi connectivity index (χ1v) is 7.02. The Hall–Kier alpha value is -1.59. The summed E-state index contributed by atoms with van der Waals surface area (Å²) in [4.78, 5) is 1.62. The number of rotatable bonds is 3. The lowest BCUT2D eigenvalue weighted by molar-refractivity contribution is 0.390. The first kappa shape index (κ1) is 12.9. The van der Waals surface area contributed by atoms with Gasteiger partial charge in [0.2, 0.25) is 10.0 Å². The third-order valence-electron chi connectivity index (χ3n) is 2.89. The largest absolute Gasteiger partial charge is 0.360 e. The summed E-state index contributed by atoms with van der Waals surface area (Å²) in [6.45, 7) is 4.12. The van der Waals surface area contributed by atoms with Gasteiger partial charge in [0.1, 0.15) is 10.6 Å².